The van der Waals surface area contributed by atoms with Gasteiger partial charge in [-0.25, -0.2) is 4.98 Å². The molecule has 0 atom stereocenters. The lowest BCUT2D eigenvalue weighted by Crippen LogP contribution is -2.43. The Labute approximate surface area is 116 Å². The van der Waals surface area contributed by atoms with Crippen LogP contribution in [0.4, 0.5) is 5.82 Å². The molecule has 1 aliphatic heterocycles. The molecule has 1 aromatic rings. The summed E-state index contributed by atoms with van der Waals surface area (Å²) in [5, 5.41) is 9.14. The maximum Gasteiger partial charge on any atom is 0.131 e. The van der Waals surface area contributed by atoms with Gasteiger partial charge in [0.2, 0.25) is 0 Å². The highest BCUT2D eigenvalue weighted by atomic mass is 16.3. The van der Waals surface area contributed by atoms with Crippen LogP contribution >= 0.6 is 0 Å². The van der Waals surface area contributed by atoms with Gasteiger partial charge in [0.25, 0.3) is 0 Å². The van der Waals surface area contributed by atoms with Gasteiger partial charge in [-0.1, -0.05) is 6.92 Å². The summed E-state index contributed by atoms with van der Waals surface area (Å²) in [6, 6.07) is 2.61. The first kappa shape index (κ1) is 14.3. The maximum atomic E-state index is 9.14. The van der Waals surface area contributed by atoms with Gasteiger partial charge in [0, 0.05) is 32.4 Å². The van der Waals surface area contributed by atoms with Crippen LogP contribution in [0.3, 0.4) is 0 Å². The van der Waals surface area contributed by atoms with Crippen LogP contribution in [-0.2, 0) is 6.61 Å². The molecule has 0 bridgehead atoms. The number of aliphatic hydroxyl groups excluding tert-OH is 1. The number of pyridine rings is 1. The van der Waals surface area contributed by atoms with Gasteiger partial charge in [0.1, 0.15) is 5.82 Å². The van der Waals surface area contributed by atoms with Crippen molar-refractivity contribution < 1.29 is 5.11 Å². The van der Waals surface area contributed by atoms with Crippen LogP contribution in [-0.4, -0.2) is 47.7 Å². The molecule has 0 spiro atoms. The lowest BCUT2D eigenvalue weighted by molar-refractivity contribution is 0.220. The first-order valence-corrected chi connectivity index (χ1v) is 7.17. The lowest BCUT2D eigenvalue weighted by atomic mass is 10.0. The van der Waals surface area contributed by atoms with Gasteiger partial charge in [0.05, 0.1) is 6.61 Å². The highest BCUT2D eigenvalue weighted by Gasteiger charge is 2.23. The van der Waals surface area contributed by atoms with Crippen molar-refractivity contribution in [3.8, 4) is 0 Å². The van der Waals surface area contributed by atoms with Gasteiger partial charge in [-0.2, -0.15) is 0 Å². The number of anilines is 1. The summed E-state index contributed by atoms with van der Waals surface area (Å²) < 4.78 is 0. The van der Waals surface area contributed by atoms with Crippen molar-refractivity contribution in [2.45, 2.75) is 39.3 Å². The van der Waals surface area contributed by atoms with E-state index in [-0.39, 0.29) is 6.61 Å². The van der Waals surface area contributed by atoms with E-state index in [0.717, 1.165) is 23.5 Å². The Morgan fingerprint density at radius 2 is 2.11 bits per heavy atom. The predicted molar refractivity (Wildman–Crippen MR) is 78.4 cm³/mol. The molecule has 1 N–H and O–H groups in total. The van der Waals surface area contributed by atoms with Crippen LogP contribution in [0.15, 0.2) is 12.3 Å². The monoisotopic (exact) mass is 263 g/mol. The molecule has 4 heteroatoms. The van der Waals surface area contributed by atoms with Crippen LogP contribution in [0.2, 0.25) is 0 Å². The molecule has 1 fully saturated rings. The Morgan fingerprint density at radius 3 is 2.63 bits per heavy atom. The number of nitrogens with zero attached hydrogens (tertiary/aromatic N) is 3. The zero-order chi connectivity index (χ0) is 13.8. The minimum absolute atomic E-state index is 0.0622. The molecule has 1 aromatic heterocycles. The van der Waals surface area contributed by atoms with E-state index in [4.69, 9.17) is 5.11 Å². The van der Waals surface area contributed by atoms with Gasteiger partial charge in [-0.15, -0.1) is 0 Å². The van der Waals surface area contributed by atoms with E-state index < -0.39 is 0 Å². The number of piperidine rings is 1. The number of rotatable bonds is 4. The molecule has 1 aliphatic rings. The third-order valence-corrected chi connectivity index (χ3v) is 4.18. The van der Waals surface area contributed by atoms with E-state index in [9.17, 15) is 0 Å². The fourth-order valence-electron chi connectivity index (χ4n) is 2.88. The van der Waals surface area contributed by atoms with Crippen LogP contribution in [0, 0.1) is 6.92 Å². The smallest absolute Gasteiger partial charge is 0.131 e. The van der Waals surface area contributed by atoms with Crippen molar-refractivity contribution in [1.29, 1.82) is 0 Å². The van der Waals surface area contributed by atoms with E-state index in [1.54, 1.807) is 6.20 Å². The standard InChI is InChI=1S/C15H25N3O/c1-4-18-7-5-14(6-8-18)17(3)15-12(2)9-13(11-19)10-16-15/h9-10,14,19H,4-8,11H2,1-3H3. The number of likely N-dealkylation sites (tertiary alicyclic amines) is 1. The molecule has 0 saturated carbocycles. The third-order valence-electron chi connectivity index (χ3n) is 4.18. The van der Waals surface area contributed by atoms with Crippen LogP contribution < -0.4 is 4.90 Å². The summed E-state index contributed by atoms with van der Waals surface area (Å²) in [6.45, 7) is 7.87. The first-order chi connectivity index (χ1) is 9.15. The summed E-state index contributed by atoms with van der Waals surface area (Å²) in [5.74, 6) is 1.05. The summed E-state index contributed by atoms with van der Waals surface area (Å²) in [4.78, 5) is 9.32. The number of aryl methyl sites for hydroxylation is 1. The molecule has 0 unspecified atom stereocenters. The van der Waals surface area contributed by atoms with Crippen molar-refractivity contribution in [1.82, 2.24) is 9.88 Å². The zero-order valence-corrected chi connectivity index (χ0v) is 12.3. The van der Waals surface area contributed by atoms with Gasteiger partial charge in [0.15, 0.2) is 0 Å². The molecule has 0 radical (unpaired) electrons. The normalized spacial score (nSPS) is 17.7. The van der Waals surface area contributed by atoms with E-state index >= 15 is 0 Å². The molecule has 1 saturated heterocycles. The Kier molecular flexibility index (Phi) is 4.77. The first-order valence-electron chi connectivity index (χ1n) is 7.17. The lowest BCUT2D eigenvalue weighted by Gasteiger charge is -2.37. The highest BCUT2D eigenvalue weighted by molar-refractivity contribution is 5.47. The highest BCUT2D eigenvalue weighted by Crippen LogP contribution is 2.23. The van der Waals surface area contributed by atoms with E-state index in [1.165, 1.54) is 25.9 Å². The fraction of sp³-hybridized carbons (Fsp3) is 0.667. The van der Waals surface area contributed by atoms with Gasteiger partial charge in [-0.05, 0) is 43.5 Å². The average Bonchev–Trinajstić information content (AvgIpc) is 2.46. The molecule has 0 amide bonds. The van der Waals surface area contributed by atoms with Crippen LogP contribution in [0.1, 0.15) is 30.9 Å². The zero-order valence-electron chi connectivity index (χ0n) is 12.3. The molecule has 4 nitrogen and oxygen atoms in total. The van der Waals surface area contributed by atoms with E-state index in [2.05, 4.69) is 35.7 Å². The van der Waals surface area contributed by atoms with Crippen LogP contribution in [0.5, 0.6) is 0 Å². The van der Waals surface area contributed by atoms with E-state index in [1.807, 2.05) is 6.07 Å². The Hall–Kier alpha value is -1.13. The second kappa shape index (κ2) is 6.35. The number of aliphatic hydroxyl groups is 1. The summed E-state index contributed by atoms with van der Waals surface area (Å²) >= 11 is 0. The Balaban J connectivity index is 2.05. The average molecular weight is 263 g/mol. The minimum Gasteiger partial charge on any atom is -0.392 e. The number of hydrogen-bond donors (Lipinski definition) is 1. The van der Waals surface area contributed by atoms with Gasteiger partial charge in [-0.3, -0.25) is 0 Å². The van der Waals surface area contributed by atoms with Crippen molar-refractivity contribution in [3.05, 3.63) is 23.4 Å². The van der Waals surface area contributed by atoms with Crippen molar-refractivity contribution in [2.24, 2.45) is 0 Å². The van der Waals surface area contributed by atoms with Crippen molar-refractivity contribution in [3.63, 3.8) is 0 Å². The molecule has 0 aromatic carbocycles. The van der Waals surface area contributed by atoms with Gasteiger partial charge < -0.3 is 14.9 Å². The molecule has 106 valence electrons. The third kappa shape index (κ3) is 3.25. The van der Waals surface area contributed by atoms with Crippen molar-refractivity contribution in [2.75, 3.05) is 31.6 Å². The largest absolute Gasteiger partial charge is 0.392 e. The van der Waals surface area contributed by atoms with E-state index in [0.29, 0.717) is 6.04 Å². The quantitative estimate of drug-likeness (QED) is 0.899. The topological polar surface area (TPSA) is 39.6 Å². The van der Waals surface area contributed by atoms with Crippen molar-refractivity contribution >= 4 is 5.82 Å². The predicted octanol–water partition coefficient (Wildman–Crippen LogP) is 1.80. The van der Waals surface area contributed by atoms with Crippen LogP contribution in [0.25, 0.3) is 0 Å². The molecule has 2 heterocycles. The molecule has 19 heavy (non-hydrogen) atoms. The number of aromatic nitrogens is 1. The maximum absolute atomic E-state index is 9.14. The molecule has 0 aliphatic carbocycles. The molecular formula is C15H25N3O. The Morgan fingerprint density at radius 1 is 1.42 bits per heavy atom. The minimum atomic E-state index is 0.0622. The summed E-state index contributed by atoms with van der Waals surface area (Å²) in [5.41, 5.74) is 2.03. The fourth-order valence-corrected chi connectivity index (χ4v) is 2.88. The molecular weight excluding hydrogens is 238 g/mol. The molecule has 2 rings (SSSR count). The SMILES string of the molecule is CCN1CCC(N(C)c2ncc(CO)cc2C)CC1. The second-order valence-corrected chi connectivity index (χ2v) is 5.42. The summed E-state index contributed by atoms with van der Waals surface area (Å²) in [7, 11) is 2.14. The number of hydrogen-bond acceptors (Lipinski definition) is 4. The Bertz CT molecular complexity index is 414. The second-order valence-electron chi connectivity index (χ2n) is 5.42. The summed E-state index contributed by atoms with van der Waals surface area (Å²) in [6.07, 6.45) is 4.18. The van der Waals surface area contributed by atoms with Gasteiger partial charge >= 0.3 is 0 Å².